The normalized spacial score (nSPS) is 12.4. The van der Waals surface area contributed by atoms with Crippen LogP contribution < -0.4 is 0 Å². The minimum Gasteiger partial charge on any atom is -0.255 e. The Kier molecular flexibility index (Phi) is 7.13. The van der Waals surface area contributed by atoms with Crippen LogP contribution in [0.1, 0.15) is 44.5 Å². The van der Waals surface area contributed by atoms with Gasteiger partial charge in [0.15, 0.2) is 0 Å². The zero-order valence-electron chi connectivity index (χ0n) is 28.5. The Morgan fingerprint density at radius 2 is 0.717 bits per heavy atom. The first-order valence-corrected chi connectivity index (χ1v) is 17.5. The second kappa shape index (κ2) is 12.4. The predicted octanol–water partition coefficient (Wildman–Crippen LogP) is 9.74. The fourth-order valence-electron chi connectivity index (χ4n) is 7.85. The maximum atomic E-state index is 4.63. The minimum absolute atomic E-state index is 0.509. The third-order valence-electron chi connectivity index (χ3n) is 10.2. The molecule has 10 rings (SSSR count). The van der Waals surface area contributed by atoms with Gasteiger partial charge in [-0.1, -0.05) is 96.5 Å². The highest BCUT2D eigenvalue weighted by molar-refractivity contribution is 5.95. The number of fused-ring (bicyclic) bond motifs is 10. The molecule has 4 aromatic carbocycles. The fraction of sp³-hybridized carbons (Fsp3) is 0.0204. The van der Waals surface area contributed by atoms with Crippen molar-refractivity contribution in [2.75, 3.05) is 0 Å². The van der Waals surface area contributed by atoms with Crippen molar-refractivity contribution in [3.63, 3.8) is 0 Å². The second-order valence-electron chi connectivity index (χ2n) is 13.2. The first-order valence-electron chi connectivity index (χ1n) is 17.5. The highest BCUT2D eigenvalue weighted by atomic mass is 14.8. The maximum Gasteiger partial charge on any atom is 0.0887 e. The molecular weight excluding hydrogens is 645 g/mol. The summed E-state index contributed by atoms with van der Waals surface area (Å²) < 4.78 is 0. The van der Waals surface area contributed by atoms with Gasteiger partial charge in [-0.05, 0) is 117 Å². The standard InChI is InChI=1S/C49H28N4/c1-3-11-41-37(9-1)39-23-19-33(15-17-35-21-25-47(52-31-35)45-13-5-7-27-50-45)29-43(39)49(41)42-12-4-2-10-38(42)40-24-20-34(30-44(40)49)16-18-36-22-26-48(53-32-36)46-14-6-8-28-51-46/h1-14,19-32H. The van der Waals surface area contributed by atoms with Crippen molar-refractivity contribution in [2.45, 2.75) is 5.41 Å². The van der Waals surface area contributed by atoms with Crippen LogP contribution in [-0.4, -0.2) is 19.9 Å². The van der Waals surface area contributed by atoms with Crippen molar-refractivity contribution in [2.24, 2.45) is 0 Å². The summed E-state index contributed by atoms with van der Waals surface area (Å²) in [6.45, 7) is 0. The molecule has 0 atom stereocenters. The molecule has 4 heteroatoms. The van der Waals surface area contributed by atoms with Gasteiger partial charge in [-0.2, -0.15) is 0 Å². The molecule has 8 aromatic rings. The lowest BCUT2D eigenvalue weighted by atomic mass is 9.70. The van der Waals surface area contributed by atoms with E-state index >= 15 is 0 Å². The summed E-state index contributed by atoms with van der Waals surface area (Å²) in [5.41, 5.74) is 16.4. The molecule has 0 aliphatic heterocycles. The minimum atomic E-state index is -0.509. The average Bonchev–Trinajstić information content (AvgIpc) is 3.70. The Labute approximate surface area is 308 Å². The number of benzene rings is 4. The van der Waals surface area contributed by atoms with Crippen molar-refractivity contribution in [3.8, 4) is 68.7 Å². The molecule has 0 radical (unpaired) electrons. The zero-order valence-corrected chi connectivity index (χ0v) is 28.5. The van der Waals surface area contributed by atoms with E-state index in [4.69, 9.17) is 0 Å². The van der Waals surface area contributed by atoms with Crippen LogP contribution in [0.4, 0.5) is 0 Å². The largest absolute Gasteiger partial charge is 0.255 e. The molecule has 4 heterocycles. The Hall–Kier alpha value is -7.40. The summed E-state index contributed by atoms with van der Waals surface area (Å²) in [5, 5.41) is 0. The molecule has 2 aliphatic carbocycles. The Bertz CT molecular complexity index is 2620. The summed E-state index contributed by atoms with van der Waals surface area (Å²) in [6, 6.07) is 50.6. The van der Waals surface area contributed by atoms with Gasteiger partial charge in [0.2, 0.25) is 0 Å². The van der Waals surface area contributed by atoms with Crippen LogP contribution in [0.25, 0.3) is 45.0 Å². The lowest BCUT2D eigenvalue weighted by Crippen LogP contribution is -2.26. The first-order chi connectivity index (χ1) is 26.3. The van der Waals surface area contributed by atoms with Crippen molar-refractivity contribution in [1.29, 1.82) is 0 Å². The van der Waals surface area contributed by atoms with Gasteiger partial charge in [-0.15, -0.1) is 0 Å². The number of nitrogens with zero attached hydrogens (tertiary/aromatic N) is 4. The second-order valence-corrected chi connectivity index (χ2v) is 13.2. The molecular formula is C49H28N4. The summed E-state index contributed by atoms with van der Waals surface area (Å²) >= 11 is 0. The van der Waals surface area contributed by atoms with Gasteiger partial charge in [0.25, 0.3) is 0 Å². The average molecular weight is 673 g/mol. The SMILES string of the molecule is C(#Cc1ccc2c(c1)C1(c3ccccc3-2)c2ccccc2-c2ccc(C#Cc3ccc(-c4ccccn4)nc3)cc21)c1ccc(-c2ccccn2)nc1. The van der Waals surface area contributed by atoms with Gasteiger partial charge in [0.05, 0.1) is 28.2 Å². The molecule has 0 fully saturated rings. The molecule has 0 unspecified atom stereocenters. The van der Waals surface area contributed by atoms with Gasteiger partial charge in [0.1, 0.15) is 0 Å². The summed E-state index contributed by atoms with van der Waals surface area (Å²) in [5.74, 6) is 13.6. The number of aromatic nitrogens is 4. The van der Waals surface area contributed by atoms with Crippen LogP contribution in [0.5, 0.6) is 0 Å². The molecule has 4 nitrogen and oxygen atoms in total. The first kappa shape index (κ1) is 30.4. The highest BCUT2D eigenvalue weighted by Crippen LogP contribution is 2.62. The lowest BCUT2D eigenvalue weighted by Gasteiger charge is -2.30. The van der Waals surface area contributed by atoms with Crippen molar-refractivity contribution < 1.29 is 0 Å². The molecule has 1 spiro atoms. The van der Waals surface area contributed by atoms with Crippen LogP contribution in [0.2, 0.25) is 0 Å². The topological polar surface area (TPSA) is 51.6 Å². The van der Waals surface area contributed by atoms with E-state index in [1.165, 1.54) is 44.5 Å². The van der Waals surface area contributed by atoms with E-state index in [-0.39, 0.29) is 0 Å². The van der Waals surface area contributed by atoms with Crippen LogP contribution in [-0.2, 0) is 5.41 Å². The van der Waals surface area contributed by atoms with Crippen LogP contribution in [0, 0.1) is 23.7 Å². The molecule has 4 aromatic heterocycles. The van der Waals surface area contributed by atoms with E-state index in [9.17, 15) is 0 Å². The Morgan fingerprint density at radius 1 is 0.321 bits per heavy atom. The van der Waals surface area contributed by atoms with Crippen molar-refractivity contribution in [1.82, 2.24) is 19.9 Å². The molecule has 0 bridgehead atoms. The van der Waals surface area contributed by atoms with E-state index in [0.717, 1.165) is 45.0 Å². The van der Waals surface area contributed by atoms with Crippen molar-refractivity contribution >= 4 is 0 Å². The number of hydrogen-bond acceptors (Lipinski definition) is 4. The number of pyridine rings is 4. The van der Waals surface area contributed by atoms with E-state index < -0.39 is 5.41 Å². The lowest BCUT2D eigenvalue weighted by molar-refractivity contribution is 0.793. The number of rotatable bonds is 2. The predicted molar refractivity (Wildman–Crippen MR) is 210 cm³/mol. The zero-order chi connectivity index (χ0) is 35.2. The third-order valence-corrected chi connectivity index (χ3v) is 10.2. The van der Waals surface area contributed by atoms with Gasteiger partial charge in [-0.25, -0.2) is 0 Å². The monoisotopic (exact) mass is 672 g/mol. The van der Waals surface area contributed by atoms with Crippen LogP contribution in [0.3, 0.4) is 0 Å². The molecule has 0 N–H and O–H groups in total. The van der Waals surface area contributed by atoms with Crippen molar-refractivity contribution in [3.05, 3.63) is 215 Å². The van der Waals surface area contributed by atoms with Gasteiger partial charge >= 0.3 is 0 Å². The molecule has 0 amide bonds. The summed E-state index contributed by atoms with van der Waals surface area (Å²) in [6.07, 6.45) is 7.19. The quantitative estimate of drug-likeness (QED) is 0.172. The molecule has 244 valence electrons. The third kappa shape index (κ3) is 5.05. The summed E-state index contributed by atoms with van der Waals surface area (Å²) in [7, 11) is 0. The van der Waals surface area contributed by atoms with E-state index in [1.54, 1.807) is 12.4 Å². The Morgan fingerprint density at radius 3 is 1.15 bits per heavy atom. The van der Waals surface area contributed by atoms with Gasteiger partial charge in [-0.3, -0.25) is 19.9 Å². The fourth-order valence-corrected chi connectivity index (χ4v) is 7.85. The maximum absolute atomic E-state index is 4.63. The van der Waals surface area contributed by atoms with Gasteiger partial charge in [0, 0.05) is 47.0 Å². The smallest absolute Gasteiger partial charge is 0.0887 e. The van der Waals surface area contributed by atoms with Crippen LogP contribution in [0.15, 0.2) is 170 Å². The van der Waals surface area contributed by atoms with Gasteiger partial charge < -0.3 is 0 Å². The molecule has 53 heavy (non-hydrogen) atoms. The van der Waals surface area contributed by atoms with Crippen LogP contribution >= 0.6 is 0 Å². The van der Waals surface area contributed by atoms with E-state index in [2.05, 4.69) is 129 Å². The van der Waals surface area contributed by atoms with E-state index in [0.29, 0.717) is 0 Å². The summed E-state index contributed by atoms with van der Waals surface area (Å²) in [4.78, 5) is 18.1. The molecule has 0 saturated carbocycles. The molecule has 0 saturated heterocycles. The highest BCUT2D eigenvalue weighted by Gasteiger charge is 2.51. The Balaban J connectivity index is 1.07. The van der Waals surface area contributed by atoms with E-state index in [1.807, 2.05) is 73.1 Å². The molecule has 2 aliphatic rings. The number of hydrogen-bond donors (Lipinski definition) is 0.